The molecule has 0 saturated carbocycles. The molecular formula is C15H21NO4. The van der Waals surface area contributed by atoms with Crippen molar-refractivity contribution >= 4 is 17.6 Å². The van der Waals surface area contributed by atoms with Crippen LogP contribution < -0.4 is 10.1 Å². The topological polar surface area (TPSA) is 64.6 Å². The summed E-state index contributed by atoms with van der Waals surface area (Å²) in [6, 6.07) is 6.95. The summed E-state index contributed by atoms with van der Waals surface area (Å²) in [6.07, 6.45) is 0.199. The quantitative estimate of drug-likeness (QED) is 0.842. The molecule has 0 heterocycles. The lowest BCUT2D eigenvalue weighted by atomic mass is 10.2. The van der Waals surface area contributed by atoms with Crippen LogP contribution in [-0.4, -0.2) is 24.1 Å². The largest absolute Gasteiger partial charge is 0.493 e. The van der Waals surface area contributed by atoms with Gasteiger partial charge in [0.2, 0.25) is 5.91 Å². The van der Waals surface area contributed by atoms with Crippen molar-refractivity contribution in [3.8, 4) is 5.75 Å². The lowest BCUT2D eigenvalue weighted by Crippen LogP contribution is -2.24. The third kappa shape index (κ3) is 6.78. The van der Waals surface area contributed by atoms with Crippen molar-refractivity contribution < 1.29 is 19.1 Å². The van der Waals surface area contributed by atoms with E-state index < -0.39 is 5.60 Å². The van der Waals surface area contributed by atoms with Gasteiger partial charge in [0.25, 0.3) is 0 Å². The number of anilines is 1. The van der Waals surface area contributed by atoms with E-state index in [4.69, 9.17) is 9.47 Å². The smallest absolute Gasteiger partial charge is 0.309 e. The summed E-state index contributed by atoms with van der Waals surface area (Å²) in [6.45, 7) is 7.19. The average molecular weight is 279 g/mol. The summed E-state index contributed by atoms with van der Waals surface area (Å²) < 4.78 is 10.6. The summed E-state index contributed by atoms with van der Waals surface area (Å²) in [4.78, 5) is 22.3. The van der Waals surface area contributed by atoms with Crippen molar-refractivity contribution in [3.63, 3.8) is 0 Å². The van der Waals surface area contributed by atoms with Crippen molar-refractivity contribution in [2.24, 2.45) is 0 Å². The van der Waals surface area contributed by atoms with Gasteiger partial charge in [0, 0.05) is 12.6 Å². The summed E-state index contributed by atoms with van der Waals surface area (Å²) in [5.74, 6) is 0.235. The number of hydrogen-bond acceptors (Lipinski definition) is 4. The molecule has 0 atom stereocenters. The van der Waals surface area contributed by atoms with Crippen LogP contribution in [0.5, 0.6) is 5.75 Å². The van der Waals surface area contributed by atoms with Gasteiger partial charge in [0.05, 0.1) is 13.0 Å². The van der Waals surface area contributed by atoms with Crippen molar-refractivity contribution in [3.05, 3.63) is 24.3 Å². The third-order valence-electron chi connectivity index (χ3n) is 2.17. The Kier molecular flexibility index (Phi) is 5.55. The fourth-order valence-corrected chi connectivity index (χ4v) is 1.48. The SMILES string of the molecule is CC(=O)Nc1ccc(OCCC(=O)OC(C)(C)C)cc1. The number of esters is 1. The molecule has 0 saturated heterocycles. The second kappa shape index (κ2) is 6.93. The van der Waals surface area contributed by atoms with Crippen LogP contribution in [-0.2, 0) is 14.3 Å². The number of nitrogens with one attached hydrogen (secondary N) is 1. The van der Waals surface area contributed by atoms with Crippen molar-refractivity contribution in [1.82, 2.24) is 0 Å². The molecule has 1 amide bonds. The molecule has 110 valence electrons. The Hall–Kier alpha value is -2.04. The Morgan fingerprint density at radius 1 is 1.15 bits per heavy atom. The minimum atomic E-state index is -0.475. The van der Waals surface area contributed by atoms with Crippen LogP contribution in [0.2, 0.25) is 0 Å². The van der Waals surface area contributed by atoms with Crippen LogP contribution in [0, 0.1) is 0 Å². The number of rotatable bonds is 5. The minimum absolute atomic E-state index is 0.122. The van der Waals surface area contributed by atoms with Gasteiger partial charge in [-0.3, -0.25) is 9.59 Å². The molecule has 20 heavy (non-hydrogen) atoms. The van der Waals surface area contributed by atoms with Crippen molar-refractivity contribution in [2.75, 3.05) is 11.9 Å². The molecule has 0 bridgehead atoms. The van der Waals surface area contributed by atoms with Crippen LogP contribution in [0.15, 0.2) is 24.3 Å². The molecule has 0 fully saturated rings. The van der Waals surface area contributed by atoms with E-state index in [0.717, 1.165) is 0 Å². The Bertz CT molecular complexity index is 460. The van der Waals surface area contributed by atoms with Crippen molar-refractivity contribution in [1.29, 1.82) is 0 Å². The molecular weight excluding hydrogens is 258 g/mol. The van der Waals surface area contributed by atoms with Gasteiger partial charge in [-0.05, 0) is 45.0 Å². The van der Waals surface area contributed by atoms with E-state index in [2.05, 4.69) is 5.32 Å². The first-order valence-corrected chi connectivity index (χ1v) is 6.48. The molecule has 0 aromatic heterocycles. The first-order chi connectivity index (χ1) is 9.26. The zero-order chi connectivity index (χ0) is 15.2. The van der Waals surface area contributed by atoms with Gasteiger partial charge in [-0.15, -0.1) is 0 Å². The number of carbonyl (C=O) groups is 2. The minimum Gasteiger partial charge on any atom is -0.493 e. The molecule has 0 unspecified atom stereocenters. The zero-order valence-electron chi connectivity index (χ0n) is 12.4. The summed E-state index contributed by atoms with van der Waals surface area (Å²) in [5, 5.41) is 2.66. The standard InChI is InChI=1S/C15H21NO4/c1-11(17)16-12-5-7-13(8-6-12)19-10-9-14(18)20-15(2,3)4/h5-8H,9-10H2,1-4H3,(H,16,17). The number of ether oxygens (including phenoxy) is 2. The van der Waals surface area contributed by atoms with E-state index in [1.54, 1.807) is 24.3 Å². The molecule has 5 nitrogen and oxygen atoms in total. The van der Waals surface area contributed by atoms with Crippen LogP contribution in [0.1, 0.15) is 34.1 Å². The normalized spacial score (nSPS) is 10.8. The second-order valence-electron chi connectivity index (χ2n) is 5.39. The zero-order valence-corrected chi connectivity index (χ0v) is 12.4. The molecule has 1 aromatic carbocycles. The number of amides is 1. The predicted molar refractivity (Wildman–Crippen MR) is 76.7 cm³/mol. The summed E-state index contributed by atoms with van der Waals surface area (Å²) in [7, 11) is 0. The first-order valence-electron chi connectivity index (χ1n) is 6.48. The highest BCUT2D eigenvalue weighted by molar-refractivity contribution is 5.88. The summed E-state index contributed by atoms with van der Waals surface area (Å²) >= 11 is 0. The Morgan fingerprint density at radius 3 is 2.25 bits per heavy atom. The Labute approximate surface area is 119 Å². The van der Waals surface area contributed by atoms with Gasteiger partial charge in [-0.1, -0.05) is 0 Å². The maximum Gasteiger partial charge on any atom is 0.309 e. The fourth-order valence-electron chi connectivity index (χ4n) is 1.48. The van der Waals surface area contributed by atoms with Crippen LogP contribution in [0.3, 0.4) is 0 Å². The Balaban J connectivity index is 2.35. The molecule has 0 aliphatic carbocycles. The molecule has 0 radical (unpaired) electrons. The van der Waals surface area contributed by atoms with E-state index in [-0.39, 0.29) is 24.9 Å². The van der Waals surface area contributed by atoms with Gasteiger partial charge in [0.1, 0.15) is 11.4 Å². The highest BCUT2D eigenvalue weighted by Gasteiger charge is 2.15. The number of carbonyl (C=O) groups excluding carboxylic acids is 2. The molecule has 0 aliphatic heterocycles. The number of benzene rings is 1. The van der Waals surface area contributed by atoms with Crippen molar-refractivity contribution in [2.45, 2.75) is 39.7 Å². The van der Waals surface area contributed by atoms with E-state index in [1.165, 1.54) is 6.92 Å². The molecule has 1 aromatic rings. The lowest BCUT2D eigenvalue weighted by molar-refractivity contribution is -0.155. The molecule has 5 heteroatoms. The van der Waals surface area contributed by atoms with Crippen LogP contribution >= 0.6 is 0 Å². The maximum absolute atomic E-state index is 11.5. The first kappa shape index (κ1) is 16.0. The lowest BCUT2D eigenvalue weighted by Gasteiger charge is -2.19. The van der Waals surface area contributed by atoms with Gasteiger partial charge in [-0.25, -0.2) is 0 Å². The van der Waals surface area contributed by atoms with E-state index in [1.807, 2.05) is 20.8 Å². The highest BCUT2D eigenvalue weighted by Crippen LogP contribution is 2.16. The summed E-state index contributed by atoms with van der Waals surface area (Å²) in [5.41, 5.74) is 0.230. The molecule has 0 aliphatic rings. The monoisotopic (exact) mass is 279 g/mol. The van der Waals surface area contributed by atoms with Gasteiger partial charge in [0.15, 0.2) is 0 Å². The van der Waals surface area contributed by atoms with Gasteiger partial charge in [-0.2, -0.15) is 0 Å². The Morgan fingerprint density at radius 2 is 1.75 bits per heavy atom. The van der Waals surface area contributed by atoms with Crippen LogP contribution in [0.4, 0.5) is 5.69 Å². The van der Waals surface area contributed by atoms with E-state index in [0.29, 0.717) is 11.4 Å². The predicted octanol–water partition coefficient (Wildman–Crippen LogP) is 2.76. The van der Waals surface area contributed by atoms with Gasteiger partial charge < -0.3 is 14.8 Å². The van der Waals surface area contributed by atoms with Crippen LogP contribution in [0.25, 0.3) is 0 Å². The average Bonchev–Trinajstić information content (AvgIpc) is 2.28. The van der Waals surface area contributed by atoms with Gasteiger partial charge >= 0.3 is 5.97 Å². The number of hydrogen-bond donors (Lipinski definition) is 1. The molecule has 0 spiro atoms. The van der Waals surface area contributed by atoms with E-state index >= 15 is 0 Å². The second-order valence-corrected chi connectivity index (χ2v) is 5.39. The van der Waals surface area contributed by atoms with E-state index in [9.17, 15) is 9.59 Å². The molecule has 1 rings (SSSR count). The third-order valence-corrected chi connectivity index (χ3v) is 2.17. The highest BCUT2D eigenvalue weighted by atomic mass is 16.6. The maximum atomic E-state index is 11.5. The fraction of sp³-hybridized carbons (Fsp3) is 0.467. The molecule has 1 N–H and O–H groups in total.